The molecule has 0 radical (unpaired) electrons. The molecule has 0 N–H and O–H groups in total. The Morgan fingerprint density at radius 2 is 1.90 bits per heavy atom. The van der Waals surface area contributed by atoms with E-state index >= 15 is 0 Å². The summed E-state index contributed by atoms with van der Waals surface area (Å²) in [7, 11) is 0. The third-order valence-corrected chi connectivity index (χ3v) is 4.22. The van der Waals surface area contributed by atoms with Gasteiger partial charge in [-0.05, 0) is 31.9 Å². The smallest absolute Gasteiger partial charge is 0.317 e. The van der Waals surface area contributed by atoms with Gasteiger partial charge < -0.3 is 9.47 Å². The Morgan fingerprint density at radius 1 is 1.25 bits per heavy atom. The third-order valence-electron chi connectivity index (χ3n) is 3.53. The number of rotatable bonds is 5. The highest BCUT2D eigenvalue weighted by molar-refractivity contribution is 9.10. The van der Waals surface area contributed by atoms with Crippen LogP contribution >= 0.6 is 15.9 Å². The van der Waals surface area contributed by atoms with E-state index in [1.807, 2.05) is 24.3 Å². The molecule has 1 aliphatic rings. The number of carbonyl (C=O) groups excluding carboxylic acids is 2. The fraction of sp³-hybridized carbons (Fsp3) is 0.467. The molecule has 1 saturated carbocycles. The molecule has 0 bridgehead atoms. The molecule has 5 heteroatoms. The van der Waals surface area contributed by atoms with Crippen LogP contribution in [0.3, 0.4) is 0 Å². The Morgan fingerprint density at radius 3 is 2.50 bits per heavy atom. The molecule has 2 rings (SSSR count). The van der Waals surface area contributed by atoms with Crippen LogP contribution in [0.1, 0.15) is 25.8 Å². The Labute approximate surface area is 126 Å². The first-order chi connectivity index (χ1) is 9.57. The minimum Gasteiger partial charge on any atom is -0.466 e. The van der Waals surface area contributed by atoms with Crippen molar-refractivity contribution in [1.82, 2.24) is 0 Å². The SMILES string of the molecule is CCOC(=O)[C@H]1C[C@]1(C(=O)OCC)c1ccccc1Br. The van der Waals surface area contributed by atoms with E-state index in [9.17, 15) is 9.59 Å². The van der Waals surface area contributed by atoms with Crippen molar-refractivity contribution >= 4 is 27.9 Å². The first-order valence-corrected chi connectivity index (χ1v) is 7.46. The van der Waals surface area contributed by atoms with E-state index in [0.29, 0.717) is 19.6 Å². The number of ether oxygens (including phenoxy) is 2. The number of carbonyl (C=O) groups is 2. The Bertz CT molecular complexity index is 528. The van der Waals surface area contributed by atoms with Crippen molar-refractivity contribution in [2.24, 2.45) is 5.92 Å². The summed E-state index contributed by atoms with van der Waals surface area (Å²) in [6.07, 6.45) is 0.438. The molecule has 0 spiro atoms. The van der Waals surface area contributed by atoms with Crippen LogP contribution in [0, 0.1) is 5.92 Å². The van der Waals surface area contributed by atoms with Crippen LogP contribution in [0.15, 0.2) is 28.7 Å². The second kappa shape index (κ2) is 5.95. The number of hydrogen-bond acceptors (Lipinski definition) is 4. The second-order valence-corrected chi connectivity index (χ2v) is 5.53. The van der Waals surface area contributed by atoms with E-state index < -0.39 is 11.3 Å². The van der Waals surface area contributed by atoms with Gasteiger partial charge in [0, 0.05) is 4.47 Å². The normalized spacial score (nSPS) is 24.1. The van der Waals surface area contributed by atoms with Gasteiger partial charge in [-0.15, -0.1) is 0 Å². The molecule has 108 valence electrons. The standard InChI is InChI=1S/C15H17BrO4/c1-3-19-13(17)11-9-15(11,14(18)20-4-2)10-7-5-6-8-12(10)16/h5-8,11H,3-4,9H2,1-2H3/t11-,15+/m1/s1. The van der Waals surface area contributed by atoms with Gasteiger partial charge in [-0.2, -0.15) is 0 Å². The van der Waals surface area contributed by atoms with E-state index in [0.717, 1.165) is 10.0 Å². The predicted octanol–water partition coefficient (Wildman–Crippen LogP) is 2.83. The van der Waals surface area contributed by atoms with Gasteiger partial charge >= 0.3 is 11.9 Å². The summed E-state index contributed by atoms with van der Waals surface area (Å²) in [5.74, 6) is -1.15. The highest BCUT2D eigenvalue weighted by atomic mass is 79.9. The van der Waals surface area contributed by atoms with Gasteiger partial charge in [-0.25, -0.2) is 0 Å². The molecule has 0 saturated heterocycles. The zero-order chi connectivity index (χ0) is 14.8. The van der Waals surface area contributed by atoms with E-state index in [2.05, 4.69) is 15.9 Å². The van der Waals surface area contributed by atoms with E-state index in [1.165, 1.54) is 0 Å². The summed E-state index contributed by atoms with van der Waals surface area (Å²) in [4.78, 5) is 24.3. The first kappa shape index (κ1) is 15.0. The average molecular weight is 341 g/mol. The molecule has 0 heterocycles. The monoisotopic (exact) mass is 340 g/mol. The highest BCUT2D eigenvalue weighted by Gasteiger charge is 2.67. The number of benzene rings is 1. The van der Waals surface area contributed by atoms with Gasteiger partial charge in [0.05, 0.1) is 19.1 Å². The van der Waals surface area contributed by atoms with Gasteiger partial charge in [0.2, 0.25) is 0 Å². The van der Waals surface area contributed by atoms with Gasteiger partial charge in [-0.3, -0.25) is 9.59 Å². The van der Waals surface area contributed by atoms with Crippen molar-refractivity contribution in [2.75, 3.05) is 13.2 Å². The first-order valence-electron chi connectivity index (χ1n) is 6.66. The van der Waals surface area contributed by atoms with Gasteiger partial charge in [0.25, 0.3) is 0 Å². The van der Waals surface area contributed by atoms with E-state index in [4.69, 9.17) is 9.47 Å². The molecule has 2 atom stereocenters. The van der Waals surface area contributed by atoms with Crippen molar-refractivity contribution in [1.29, 1.82) is 0 Å². The van der Waals surface area contributed by atoms with Crippen LogP contribution in [-0.2, 0) is 24.5 Å². The maximum absolute atomic E-state index is 12.3. The summed E-state index contributed by atoms with van der Waals surface area (Å²) in [6, 6.07) is 7.42. The maximum Gasteiger partial charge on any atom is 0.317 e. The molecular weight excluding hydrogens is 324 g/mol. The zero-order valence-corrected chi connectivity index (χ0v) is 13.1. The van der Waals surface area contributed by atoms with Gasteiger partial charge in [0.15, 0.2) is 0 Å². The lowest BCUT2D eigenvalue weighted by molar-refractivity contribution is -0.152. The van der Waals surface area contributed by atoms with E-state index in [1.54, 1.807) is 13.8 Å². The molecule has 0 amide bonds. The largest absolute Gasteiger partial charge is 0.466 e. The molecule has 0 aromatic heterocycles. The van der Waals surface area contributed by atoms with Crippen LogP contribution in [0.2, 0.25) is 0 Å². The molecule has 1 aromatic rings. The fourth-order valence-corrected chi connectivity index (χ4v) is 3.15. The van der Waals surface area contributed by atoms with Crippen molar-refractivity contribution in [3.63, 3.8) is 0 Å². The average Bonchev–Trinajstić information content (AvgIpc) is 3.16. The summed E-state index contributed by atoms with van der Waals surface area (Å²) < 4.78 is 11.0. The molecule has 20 heavy (non-hydrogen) atoms. The van der Waals surface area contributed by atoms with Crippen LogP contribution in [-0.4, -0.2) is 25.2 Å². The molecule has 4 nitrogen and oxygen atoms in total. The lowest BCUT2D eigenvalue weighted by Gasteiger charge is -2.17. The molecule has 1 aliphatic carbocycles. The van der Waals surface area contributed by atoms with Crippen LogP contribution in [0.4, 0.5) is 0 Å². The van der Waals surface area contributed by atoms with Gasteiger partial charge in [-0.1, -0.05) is 34.1 Å². The molecule has 0 unspecified atom stereocenters. The quantitative estimate of drug-likeness (QED) is 0.773. The third kappa shape index (κ3) is 2.46. The second-order valence-electron chi connectivity index (χ2n) is 4.68. The number of halogens is 1. The topological polar surface area (TPSA) is 52.6 Å². The van der Waals surface area contributed by atoms with E-state index in [-0.39, 0.29) is 11.9 Å². The molecule has 0 aliphatic heterocycles. The van der Waals surface area contributed by atoms with Crippen molar-refractivity contribution in [3.8, 4) is 0 Å². The minimum absolute atomic E-state index is 0.292. The summed E-state index contributed by atoms with van der Waals surface area (Å²) in [5.41, 5.74) is -0.112. The Hall–Kier alpha value is -1.36. The predicted molar refractivity (Wildman–Crippen MR) is 77.2 cm³/mol. The van der Waals surface area contributed by atoms with Gasteiger partial charge in [0.1, 0.15) is 5.41 Å². The molecular formula is C15H17BrO4. The lowest BCUT2D eigenvalue weighted by atomic mass is 9.93. The van der Waals surface area contributed by atoms with Crippen LogP contribution < -0.4 is 0 Å². The van der Waals surface area contributed by atoms with Crippen molar-refractivity contribution in [3.05, 3.63) is 34.3 Å². The maximum atomic E-state index is 12.3. The number of hydrogen-bond donors (Lipinski definition) is 0. The molecule has 1 aromatic carbocycles. The highest BCUT2D eigenvalue weighted by Crippen LogP contribution is 2.57. The summed E-state index contributed by atoms with van der Waals surface area (Å²) in [5, 5.41) is 0. The fourth-order valence-electron chi connectivity index (χ4n) is 2.51. The number of esters is 2. The molecule has 1 fully saturated rings. The van der Waals surface area contributed by atoms with Crippen LogP contribution in [0.5, 0.6) is 0 Å². The summed E-state index contributed by atoms with van der Waals surface area (Å²) >= 11 is 3.45. The Kier molecular flexibility index (Phi) is 4.48. The van der Waals surface area contributed by atoms with Crippen LogP contribution in [0.25, 0.3) is 0 Å². The lowest BCUT2D eigenvalue weighted by Crippen LogP contribution is -2.29. The summed E-state index contributed by atoms with van der Waals surface area (Å²) in [6.45, 7) is 4.11. The zero-order valence-electron chi connectivity index (χ0n) is 11.5. The Balaban J connectivity index is 2.36. The van der Waals surface area contributed by atoms with Crippen molar-refractivity contribution in [2.45, 2.75) is 25.7 Å². The van der Waals surface area contributed by atoms with Crippen molar-refractivity contribution < 1.29 is 19.1 Å². The minimum atomic E-state index is -0.900.